The number of esters is 1. The van der Waals surface area contributed by atoms with E-state index in [0.717, 1.165) is 0 Å². The van der Waals surface area contributed by atoms with Crippen molar-refractivity contribution < 1.29 is 9.53 Å². The van der Waals surface area contributed by atoms with Gasteiger partial charge in [-0.05, 0) is 0 Å². The Labute approximate surface area is 59.2 Å². The Hall–Kier alpha value is -0.640. The lowest BCUT2D eigenvalue weighted by molar-refractivity contribution is -0.141. The van der Waals surface area contributed by atoms with E-state index >= 15 is 0 Å². The fraction of sp³-hybridized carbons (Fsp3) is 0.600. The first-order chi connectivity index (χ1) is 4.16. The third kappa shape index (κ3) is 5.23. The summed E-state index contributed by atoms with van der Waals surface area (Å²) in [5.41, 5.74) is 5.05. The Morgan fingerprint density at radius 3 is 2.67 bits per heavy atom. The van der Waals surface area contributed by atoms with Crippen LogP contribution in [0.25, 0.3) is 0 Å². The molecule has 0 saturated heterocycles. The highest BCUT2D eigenvalue weighted by Crippen LogP contribution is 1.82. The molecule has 0 spiro atoms. The maximum absolute atomic E-state index is 10.4. The fourth-order valence-corrected chi connectivity index (χ4v) is 0.313. The van der Waals surface area contributed by atoms with Crippen molar-refractivity contribution in [1.29, 1.82) is 0 Å². The summed E-state index contributed by atoms with van der Waals surface area (Å²) < 4.78 is 4.55. The topological polar surface area (TPSA) is 52.3 Å². The molecule has 0 saturated carbocycles. The lowest BCUT2D eigenvalue weighted by atomic mass is 10.5. The van der Waals surface area contributed by atoms with Crippen LogP contribution in [0.3, 0.4) is 0 Å². The molecule has 0 bridgehead atoms. The van der Waals surface area contributed by atoms with E-state index in [4.69, 9.17) is 5.73 Å². The number of nitrogens with two attached hydrogens (primary N) is 1. The van der Waals surface area contributed by atoms with Crippen molar-refractivity contribution in [3.63, 3.8) is 0 Å². The van der Waals surface area contributed by atoms with E-state index in [1.165, 1.54) is 0 Å². The molecule has 0 aromatic carbocycles. The van der Waals surface area contributed by atoms with Gasteiger partial charge in [0.1, 0.15) is 11.6 Å². The van der Waals surface area contributed by atoms with Gasteiger partial charge in [-0.3, -0.25) is 4.79 Å². The molecule has 0 aliphatic carbocycles. The third-order valence-corrected chi connectivity index (χ3v) is 0.782. The van der Waals surface area contributed by atoms with E-state index in [0.29, 0.717) is 6.42 Å². The number of thiocarbonyl (C=S) groups is 1. The second-order valence-electron chi connectivity index (χ2n) is 1.48. The zero-order chi connectivity index (χ0) is 7.28. The highest BCUT2D eigenvalue weighted by atomic mass is 32.1. The van der Waals surface area contributed by atoms with Crippen molar-refractivity contribution in [3.8, 4) is 0 Å². The Morgan fingerprint density at radius 2 is 2.33 bits per heavy atom. The number of carbonyl (C=O) groups excluding carboxylic acids is 1. The molecule has 0 amide bonds. The fourth-order valence-electron chi connectivity index (χ4n) is 0.254. The molecule has 52 valence electrons. The molecular weight excluding hydrogens is 138 g/mol. The third-order valence-electron chi connectivity index (χ3n) is 0.664. The predicted molar refractivity (Wildman–Crippen MR) is 38.0 cm³/mol. The van der Waals surface area contributed by atoms with Crippen LogP contribution in [0.5, 0.6) is 0 Å². The highest BCUT2D eigenvalue weighted by Gasteiger charge is 1.96. The molecule has 0 aromatic rings. The summed E-state index contributed by atoms with van der Waals surface area (Å²) in [4.78, 5) is 10.6. The van der Waals surface area contributed by atoms with Gasteiger partial charge >= 0.3 is 5.97 Å². The predicted octanol–water partition coefficient (Wildman–Crippen LogP) is 0.226. The average Bonchev–Trinajstić information content (AvgIpc) is 1.83. The van der Waals surface area contributed by atoms with Gasteiger partial charge in [-0.15, -0.1) is 0 Å². The average molecular weight is 147 g/mol. The Morgan fingerprint density at radius 1 is 1.78 bits per heavy atom. The molecule has 0 rings (SSSR count). The van der Waals surface area contributed by atoms with Gasteiger partial charge in [0.25, 0.3) is 0 Å². The summed E-state index contributed by atoms with van der Waals surface area (Å²) in [6.45, 7) is 1.77. The van der Waals surface area contributed by atoms with Crippen LogP contribution >= 0.6 is 12.2 Å². The lowest BCUT2D eigenvalue weighted by Crippen LogP contribution is -2.18. The van der Waals surface area contributed by atoms with Gasteiger partial charge in [-0.1, -0.05) is 19.1 Å². The number of hydrogen-bond acceptors (Lipinski definition) is 3. The van der Waals surface area contributed by atoms with Gasteiger partial charge in [0.15, 0.2) is 0 Å². The summed E-state index contributed by atoms with van der Waals surface area (Å²) >= 11 is 4.46. The standard InChI is InChI=1S/C5H9NO2S/c1-2-5(7)8-3-4(6)9/h2-3H2,1H3,(H2,6,9). The molecule has 0 fully saturated rings. The van der Waals surface area contributed by atoms with E-state index in [-0.39, 0.29) is 17.6 Å². The minimum Gasteiger partial charge on any atom is -0.458 e. The van der Waals surface area contributed by atoms with Gasteiger partial charge in [0, 0.05) is 6.42 Å². The van der Waals surface area contributed by atoms with Crippen LogP contribution in [0.2, 0.25) is 0 Å². The van der Waals surface area contributed by atoms with Crippen molar-refractivity contribution in [1.82, 2.24) is 0 Å². The molecule has 3 nitrogen and oxygen atoms in total. The first-order valence-corrected chi connectivity index (χ1v) is 3.01. The summed E-state index contributed by atoms with van der Waals surface area (Å²) in [5.74, 6) is -0.275. The highest BCUT2D eigenvalue weighted by molar-refractivity contribution is 7.80. The minimum absolute atomic E-state index is 0.0575. The normalized spacial score (nSPS) is 8.56. The summed E-state index contributed by atoms with van der Waals surface area (Å²) in [6.07, 6.45) is 0.364. The van der Waals surface area contributed by atoms with Crippen LogP contribution in [0.15, 0.2) is 0 Å². The van der Waals surface area contributed by atoms with Gasteiger partial charge in [-0.2, -0.15) is 0 Å². The smallest absolute Gasteiger partial charge is 0.305 e. The second-order valence-corrected chi connectivity index (χ2v) is 2.00. The Balaban J connectivity index is 3.28. The summed E-state index contributed by atoms with van der Waals surface area (Å²) in [5, 5.41) is 0. The van der Waals surface area contributed by atoms with Crippen LogP contribution in [0.4, 0.5) is 0 Å². The molecule has 0 aliphatic heterocycles. The monoisotopic (exact) mass is 147 g/mol. The van der Waals surface area contributed by atoms with Crippen molar-refractivity contribution in [2.75, 3.05) is 6.61 Å². The first kappa shape index (κ1) is 8.36. The van der Waals surface area contributed by atoms with Crippen molar-refractivity contribution in [2.45, 2.75) is 13.3 Å². The van der Waals surface area contributed by atoms with E-state index in [9.17, 15) is 4.79 Å². The molecule has 0 aromatic heterocycles. The molecule has 0 atom stereocenters. The van der Waals surface area contributed by atoms with E-state index in [1.807, 2.05) is 0 Å². The van der Waals surface area contributed by atoms with Crippen molar-refractivity contribution in [3.05, 3.63) is 0 Å². The van der Waals surface area contributed by atoms with E-state index < -0.39 is 0 Å². The van der Waals surface area contributed by atoms with Gasteiger partial charge in [-0.25, -0.2) is 0 Å². The molecule has 0 unspecified atom stereocenters. The van der Waals surface area contributed by atoms with Crippen LogP contribution < -0.4 is 5.73 Å². The molecule has 0 heterocycles. The maximum Gasteiger partial charge on any atom is 0.305 e. The Kier molecular flexibility index (Phi) is 3.96. The van der Waals surface area contributed by atoms with Crippen LogP contribution in [0.1, 0.15) is 13.3 Å². The minimum atomic E-state index is -0.275. The number of ether oxygens (including phenoxy) is 1. The van der Waals surface area contributed by atoms with Crippen LogP contribution in [-0.2, 0) is 9.53 Å². The van der Waals surface area contributed by atoms with Crippen LogP contribution in [-0.4, -0.2) is 17.6 Å². The lowest BCUT2D eigenvalue weighted by Gasteiger charge is -1.98. The zero-order valence-corrected chi connectivity index (χ0v) is 6.03. The molecule has 0 aliphatic rings. The summed E-state index contributed by atoms with van der Waals surface area (Å²) in [7, 11) is 0. The molecule has 4 heteroatoms. The van der Waals surface area contributed by atoms with Crippen molar-refractivity contribution in [2.24, 2.45) is 5.73 Å². The number of rotatable bonds is 3. The largest absolute Gasteiger partial charge is 0.458 e. The first-order valence-electron chi connectivity index (χ1n) is 2.60. The van der Waals surface area contributed by atoms with E-state index in [1.54, 1.807) is 6.92 Å². The molecular formula is C5H9NO2S. The SMILES string of the molecule is CCC(=O)OCC(N)=S. The van der Waals surface area contributed by atoms with Gasteiger partial charge in [0.2, 0.25) is 0 Å². The van der Waals surface area contributed by atoms with Gasteiger partial charge < -0.3 is 10.5 Å². The molecule has 9 heavy (non-hydrogen) atoms. The van der Waals surface area contributed by atoms with E-state index in [2.05, 4.69) is 17.0 Å². The second kappa shape index (κ2) is 4.26. The van der Waals surface area contributed by atoms with Gasteiger partial charge in [0.05, 0.1) is 0 Å². The zero-order valence-electron chi connectivity index (χ0n) is 5.22. The summed E-state index contributed by atoms with van der Waals surface area (Å²) in [6, 6.07) is 0. The molecule has 2 N–H and O–H groups in total. The van der Waals surface area contributed by atoms with Crippen molar-refractivity contribution >= 4 is 23.2 Å². The maximum atomic E-state index is 10.4. The molecule has 0 radical (unpaired) electrons. The van der Waals surface area contributed by atoms with Crippen LogP contribution in [0, 0.1) is 0 Å². The Bertz CT molecular complexity index is 124. The number of carbonyl (C=O) groups is 1. The number of hydrogen-bond donors (Lipinski definition) is 1. The quantitative estimate of drug-likeness (QED) is 0.458.